The van der Waals surface area contributed by atoms with Crippen molar-refractivity contribution < 1.29 is 4.79 Å². The van der Waals surface area contributed by atoms with Gasteiger partial charge in [-0.05, 0) is 32.9 Å². The van der Waals surface area contributed by atoms with Crippen molar-refractivity contribution in [1.29, 1.82) is 0 Å². The molecule has 27 heavy (non-hydrogen) atoms. The van der Waals surface area contributed by atoms with Crippen LogP contribution in [0.3, 0.4) is 0 Å². The summed E-state index contributed by atoms with van der Waals surface area (Å²) in [6.45, 7) is 5.81. The first kappa shape index (κ1) is 16.8. The summed E-state index contributed by atoms with van der Waals surface area (Å²) in [6.07, 6.45) is 4.57. The van der Waals surface area contributed by atoms with Crippen molar-refractivity contribution in [2.75, 3.05) is 5.32 Å². The molecule has 0 unspecified atom stereocenters. The van der Waals surface area contributed by atoms with Crippen molar-refractivity contribution >= 4 is 22.6 Å². The van der Waals surface area contributed by atoms with Crippen LogP contribution in [0.4, 0.5) is 5.69 Å². The lowest BCUT2D eigenvalue weighted by molar-refractivity contribution is 0.102. The molecule has 0 saturated heterocycles. The Hall–Kier alpha value is -3.68. The first-order valence-corrected chi connectivity index (χ1v) is 8.41. The van der Waals surface area contributed by atoms with Gasteiger partial charge in [0.25, 0.3) is 5.91 Å². The number of carbonyl (C=O) groups is 1. The molecular weight excluding hydrogens is 342 g/mol. The normalized spacial score (nSPS) is 10.9. The fraction of sp³-hybridized carbons (Fsp3) is 0.158. The molecule has 8 heteroatoms. The number of aromatic nitrogens is 6. The summed E-state index contributed by atoms with van der Waals surface area (Å²) >= 11 is 0. The SMILES string of the molecule is Cc1nc(C)n(-c2ncc(NC(=O)c3cnc4ccccc4n3)cn2)c1C. The topological polar surface area (TPSA) is 98.5 Å². The van der Waals surface area contributed by atoms with E-state index in [2.05, 4.69) is 30.2 Å². The van der Waals surface area contributed by atoms with Crippen molar-refractivity contribution in [3.8, 4) is 5.95 Å². The predicted octanol–water partition coefficient (Wildman–Crippen LogP) is 2.78. The molecular formula is C19H17N7O. The number of carbonyl (C=O) groups excluding carboxylic acids is 1. The molecule has 0 atom stereocenters. The Bertz CT molecular complexity index is 1150. The molecule has 0 fully saturated rings. The number of rotatable bonds is 3. The van der Waals surface area contributed by atoms with Gasteiger partial charge in [0, 0.05) is 5.69 Å². The van der Waals surface area contributed by atoms with E-state index in [-0.39, 0.29) is 11.6 Å². The van der Waals surface area contributed by atoms with Crippen LogP contribution in [0.5, 0.6) is 0 Å². The highest BCUT2D eigenvalue weighted by Gasteiger charge is 2.13. The van der Waals surface area contributed by atoms with Gasteiger partial charge in [-0.15, -0.1) is 0 Å². The summed E-state index contributed by atoms with van der Waals surface area (Å²) in [7, 11) is 0. The number of aryl methyl sites for hydroxylation is 2. The highest BCUT2D eigenvalue weighted by molar-refractivity contribution is 6.03. The lowest BCUT2D eigenvalue weighted by atomic mass is 10.3. The van der Waals surface area contributed by atoms with E-state index in [0.29, 0.717) is 17.2 Å². The monoisotopic (exact) mass is 359 g/mol. The number of hydrogen-bond donors (Lipinski definition) is 1. The summed E-state index contributed by atoms with van der Waals surface area (Å²) in [4.78, 5) is 34.1. The quantitative estimate of drug-likeness (QED) is 0.604. The van der Waals surface area contributed by atoms with E-state index in [1.54, 1.807) is 12.4 Å². The zero-order valence-corrected chi connectivity index (χ0v) is 15.1. The Kier molecular flexibility index (Phi) is 4.08. The van der Waals surface area contributed by atoms with Gasteiger partial charge in [0.2, 0.25) is 5.95 Å². The van der Waals surface area contributed by atoms with E-state index in [1.807, 2.05) is 49.6 Å². The predicted molar refractivity (Wildman–Crippen MR) is 101 cm³/mol. The number of benzene rings is 1. The Balaban J connectivity index is 1.56. The maximum absolute atomic E-state index is 12.4. The van der Waals surface area contributed by atoms with Crippen LogP contribution in [-0.4, -0.2) is 35.4 Å². The zero-order chi connectivity index (χ0) is 19.0. The van der Waals surface area contributed by atoms with Gasteiger partial charge < -0.3 is 5.32 Å². The molecule has 0 aliphatic carbocycles. The molecule has 0 radical (unpaired) electrons. The van der Waals surface area contributed by atoms with Crippen molar-refractivity contribution in [2.45, 2.75) is 20.8 Å². The van der Waals surface area contributed by atoms with Crippen LogP contribution in [0, 0.1) is 20.8 Å². The summed E-state index contributed by atoms with van der Waals surface area (Å²) in [5.41, 5.74) is 4.03. The van der Waals surface area contributed by atoms with Gasteiger partial charge in [0.1, 0.15) is 11.5 Å². The first-order valence-electron chi connectivity index (χ1n) is 8.41. The molecule has 0 aliphatic rings. The molecule has 0 bridgehead atoms. The van der Waals surface area contributed by atoms with Crippen LogP contribution in [0.15, 0.2) is 42.9 Å². The average Bonchev–Trinajstić information content (AvgIpc) is 2.94. The number of imidazole rings is 1. The third-order valence-corrected chi connectivity index (χ3v) is 4.29. The Morgan fingerprint density at radius 1 is 0.926 bits per heavy atom. The molecule has 4 aromatic rings. The largest absolute Gasteiger partial charge is 0.318 e. The van der Waals surface area contributed by atoms with E-state index in [9.17, 15) is 4.79 Å². The van der Waals surface area contributed by atoms with Crippen LogP contribution in [-0.2, 0) is 0 Å². The van der Waals surface area contributed by atoms with Gasteiger partial charge in [0.15, 0.2) is 0 Å². The third kappa shape index (κ3) is 3.12. The number of hydrogen-bond acceptors (Lipinski definition) is 6. The van der Waals surface area contributed by atoms with Gasteiger partial charge in [0.05, 0.1) is 41.0 Å². The van der Waals surface area contributed by atoms with Crippen molar-refractivity contribution in [3.63, 3.8) is 0 Å². The Labute approximate surface area is 155 Å². The molecule has 8 nitrogen and oxygen atoms in total. The molecule has 4 rings (SSSR count). The molecule has 0 saturated carbocycles. The van der Waals surface area contributed by atoms with Crippen LogP contribution >= 0.6 is 0 Å². The lowest BCUT2D eigenvalue weighted by Gasteiger charge is -2.08. The zero-order valence-electron chi connectivity index (χ0n) is 15.1. The smallest absolute Gasteiger partial charge is 0.275 e. The molecule has 1 amide bonds. The van der Waals surface area contributed by atoms with E-state index >= 15 is 0 Å². The second-order valence-corrected chi connectivity index (χ2v) is 6.14. The minimum absolute atomic E-state index is 0.231. The fourth-order valence-corrected chi connectivity index (χ4v) is 2.84. The number of nitrogens with zero attached hydrogens (tertiary/aromatic N) is 6. The van der Waals surface area contributed by atoms with Crippen molar-refractivity contribution in [3.05, 3.63) is 65.8 Å². The average molecular weight is 359 g/mol. The van der Waals surface area contributed by atoms with Gasteiger partial charge in [-0.1, -0.05) is 12.1 Å². The summed E-state index contributed by atoms with van der Waals surface area (Å²) in [5.74, 6) is 0.956. The molecule has 3 heterocycles. The minimum Gasteiger partial charge on any atom is -0.318 e. The van der Waals surface area contributed by atoms with E-state index in [4.69, 9.17) is 0 Å². The molecule has 0 aliphatic heterocycles. The second-order valence-electron chi connectivity index (χ2n) is 6.14. The Morgan fingerprint density at radius 3 is 2.30 bits per heavy atom. The minimum atomic E-state index is -0.365. The highest BCUT2D eigenvalue weighted by atomic mass is 16.1. The van der Waals surface area contributed by atoms with E-state index in [1.165, 1.54) is 6.20 Å². The van der Waals surface area contributed by atoms with Crippen LogP contribution in [0.1, 0.15) is 27.7 Å². The highest BCUT2D eigenvalue weighted by Crippen LogP contribution is 2.15. The van der Waals surface area contributed by atoms with Crippen LogP contribution in [0.25, 0.3) is 17.0 Å². The summed E-state index contributed by atoms with van der Waals surface area (Å²) < 4.78 is 1.87. The number of nitrogens with one attached hydrogen (secondary N) is 1. The third-order valence-electron chi connectivity index (χ3n) is 4.29. The number of anilines is 1. The fourth-order valence-electron chi connectivity index (χ4n) is 2.84. The summed E-state index contributed by atoms with van der Waals surface area (Å²) in [6, 6.07) is 7.39. The molecule has 0 spiro atoms. The molecule has 134 valence electrons. The number of para-hydroxylation sites is 2. The van der Waals surface area contributed by atoms with Crippen LogP contribution < -0.4 is 5.32 Å². The van der Waals surface area contributed by atoms with E-state index in [0.717, 1.165) is 22.7 Å². The van der Waals surface area contributed by atoms with Gasteiger partial charge in [-0.2, -0.15) is 0 Å². The molecule has 1 N–H and O–H groups in total. The Morgan fingerprint density at radius 2 is 1.63 bits per heavy atom. The van der Waals surface area contributed by atoms with Crippen LogP contribution in [0.2, 0.25) is 0 Å². The molecule has 3 aromatic heterocycles. The number of amides is 1. The van der Waals surface area contributed by atoms with Gasteiger partial charge in [-0.3, -0.25) is 14.3 Å². The molecule has 1 aromatic carbocycles. The number of fused-ring (bicyclic) bond motifs is 1. The van der Waals surface area contributed by atoms with Gasteiger partial charge in [-0.25, -0.2) is 19.9 Å². The standard InChI is InChI=1S/C19H17N7O/c1-11-12(2)26(13(3)23-11)19-21-8-14(9-22-19)24-18(27)17-10-20-15-6-4-5-7-16(15)25-17/h4-10H,1-3H3,(H,24,27). The lowest BCUT2D eigenvalue weighted by Crippen LogP contribution is -2.15. The van der Waals surface area contributed by atoms with E-state index < -0.39 is 0 Å². The maximum atomic E-state index is 12.4. The van der Waals surface area contributed by atoms with Crippen molar-refractivity contribution in [2.24, 2.45) is 0 Å². The summed E-state index contributed by atoms with van der Waals surface area (Å²) in [5, 5.41) is 2.74. The van der Waals surface area contributed by atoms with Crippen molar-refractivity contribution in [1.82, 2.24) is 29.5 Å². The van der Waals surface area contributed by atoms with Gasteiger partial charge >= 0.3 is 0 Å². The maximum Gasteiger partial charge on any atom is 0.275 e. The second kappa shape index (κ2) is 6.56. The first-order chi connectivity index (χ1) is 13.0.